The molecule has 2 bridgehead atoms. The Bertz CT molecular complexity index is 895. The molecule has 0 unspecified atom stereocenters. The highest BCUT2D eigenvalue weighted by Gasteiger charge is 2.59. The zero-order chi connectivity index (χ0) is 19.9. The van der Waals surface area contributed by atoms with Gasteiger partial charge < -0.3 is 4.74 Å². The minimum absolute atomic E-state index is 0.00966. The molecule has 7 heteroatoms. The van der Waals surface area contributed by atoms with Crippen LogP contribution in [0.1, 0.15) is 25.3 Å². The molecule has 0 radical (unpaired) electrons. The Balaban J connectivity index is 1.57. The second kappa shape index (κ2) is 7.35. The van der Waals surface area contributed by atoms with Gasteiger partial charge in [-0.15, -0.1) is 0 Å². The average Bonchev–Trinajstić information content (AvgIpc) is 3.34. The van der Waals surface area contributed by atoms with Crippen LogP contribution in [0.25, 0.3) is 0 Å². The summed E-state index contributed by atoms with van der Waals surface area (Å²) in [5.41, 5.74) is 0.892. The number of hydrogen-bond donors (Lipinski definition) is 0. The van der Waals surface area contributed by atoms with Gasteiger partial charge in [0.2, 0.25) is 15.9 Å². The van der Waals surface area contributed by atoms with Crippen molar-refractivity contribution < 1.29 is 22.7 Å². The van der Waals surface area contributed by atoms with Crippen molar-refractivity contribution in [2.75, 3.05) is 13.2 Å². The minimum atomic E-state index is -3.70. The van der Waals surface area contributed by atoms with E-state index in [0.717, 1.165) is 16.3 Å². The van der Waals surface area contributed by atoms with Gasteiger partial charge in [-0.1, -0.05) is 42.5 Å². The molecule has 0 spiro atoms. The highest BCUT2D eigenvalue weighted by atomic mass is 32.2. The maximum absolute atomic E-state index is 13.3. The zero-order valence-corrected chi connectivity index (χ0v) is 16.7. The molecule has 28 heavy (non-hydrogen) atoms. The number of rotatable bonds is 6. The molecular formula is C21H25NO5S. The fourth-order valence-corrected chi connectivity index (χ4v) is 7.43. The first-order valence-electron chi connectivity index (χ1n) is 9.85. The predicted octanol–water partition coefficient (Wildman–Crippen LogP) is 2.16. The Hall–Kier alpha value is -2.15. The van der Waals surface area contributed by atoms with Gasteiger partial charge in [0, 0.05) is 12.5 Å². The Morgan fingerprint density at radius 1 is 1.18 bits per heavy atom. The van der Waals surface area contributed by atoms with Crippen molar-refractivity contribution in [2.24, 2.45) is 23.7 Å². The summed E-state index contributed by atoms with van der Waals surface area (Å²) in [4.78, 5) is 25.4. The molecule has 2 aliphatic carbocycles. The molecule has 5 atom stereocenters. The molecular weight excluding hydrogens is 378 g/mol. The van der Waals surface area contributed by atoms with E-state index in [9.17, 15) is 18.0 Å². The SMILES string of the molecule is CCOC(=O)C[C@@H](Cc1ccccc1)C(=O)N1C[C@H]2[C@H]([C@H]3C=C[C@@H]2C3)S1(=O)=O. The Morgan fingerprint density at radius 3 is 2.57 bits per heavy atom. The van der Waals surface area contributed by atoms with E-state index in [1.165, 1.54) is 0 Å². The maximum Gasteiger partial charge on any atom is 0.306 e. The molecule has 1 aromatic rings. The minimum Gasteiger partial charge on any atom is -0.466 e. The summed E-state index contributed by atoms with van der Waals surface area (Å²) in [6, 6.07) is 9.36. The van der Waals surface area contributed by atoms with Crippen molar-refractivity contribution in [3.63, 3.8) is 0 Å². The molecule has 1 saturated carbocycles. The summed E-state index contributed by atoms with van der Waals surface area (Å²) in [6.45, 7) is 2.17. The third-order valence-electron chi connectivity index (χ3n) is 6.21. The normalized spacial score (nSPS) is 30.2. The molecule has 3 aliphatic rings. The summed E-state index contributed by atoms with van der Waals surface area (Å²) in [6.07, 6.45) is 5.14. The number of carbonyl (C=O) groups is 2. The molecule has 2 fully saturated rings. The lowest BCUT2D eigenvalue weighted by atomic mass is 9.92. The van der Waals surface area contributed by atoms with E-state index >= 15 is 0 Å². The first-order chi connectivity index (χ1) is 13.4. The molecule has 1 aromatic carbocycles. The summed E-state index contributed by atoms with van der Waals surface area (Å²) >= 11 is 0. The third-order valence-corrected chi connectivity index (χ3v) is 8.54. The molecule has 6 nitrogen and oxygen atoms in total. The fourth-order valence-electron chi connectivity index (χ4n) is 4.99. The van der Waals surface area contributed by atoms with Gasteiger partial charge in [0.15, 0.2) is 0 Å². The van der Waals surface area contributed by atoms with Crippen molar-refractivity contribution in [3.8, 4) is 0 Å². The van der Waals surface area contributed by atoms with Crippen molar-refractivity contribution in [1.82, 2.24) is 4.31 Å². The molecule has 1 aliphatic heterocycles. The Kier molecular flexibility index (Phi) is 5.04. The van der Waals surface area contributed by atoms with Crippen LogP contribution in [0.15, 0.2) is 42.5 Å². The molecule has 1 saturated heterocycles. The van der Waals surface area contributed by atoms with Gasteiger partial charge in [-0.2, -0.15) is 0 Å². The van der Waals surface area contributed by atoms with Crippen molar-refractivity contribution >= 4 is 21.9 Å². The number of esters is 1. The van der Waals surface area contributed by atoms with Gasteiger partial charge >= 0.3 is 5.97 Å². The zero-order valence-electron chi connectivity index (χ0n) is 15.9. The first kappa shape index (κ1) is 19.2. The van der Waals surface area contributed by atoms with Gasteiger partial charge in [-0.25, -0.2) is 12.7 Å². The summed E-state index contributed by atoms with van der Waals surface area (Å²) < 4.78 is 32.3. The number of nitrogens with zero attached hydrogens (tertiary/aromatic N) is 1. The van der Waals surface area contributed by atoms with E-state index in [0.29, 0.717) is 6.42 Å². The molecule has 4 rings (SSSR count). The first-order valence-corrected chi connectivity index (χ1v) is 11.4. The van der Waals surface area contributed by atoms with Crippen LogP contribution < -0.4 is 0 Å². The lowest BCUT2D eigenvalue weighted by molar-refractivity contribution is -0.147. The number of hydrogen-bond acceptors (Lipinski definition) is 5. The monoisotopic (exact) mass is 403 g/mol. The van der Waals surface area contributed by atoms with E-state index in [1.54, 1.807) is 6.92 Å². The van der Waals surface area contributed by atoms with E-state index in [-0.39, 0.29) is 37.3 Å². The van der Waals surface area contributed by atoms with Crippen LogP contribution in [-0.2, 0) is 30.8 Å². The van der Waals surface area contributed by atoms with E-state index in [4.69, 9.17) is 4.74 Å². The van der Waals surface area contributed by atoms with Gasteiger partial charge in [-0.3, -0.25) is 9.59 Å². The van der Waals surface area contributed by atoms with Gasteiger partial charge in [-0.05, 0) is 37.2 Å². The van der Waals surface area contributed by atoms with Crippen LogP contribution >= 0.6 is 0 Å². The molecule has 150 valence electrons. The van der Waals surface area contributed by atoms with Gasteiger partial charge in [0.1, 0.15) is 0 Å². The number of fused-ring (bicyclic) bond motifs is 5. The summed E-state index contributed by atoms with van der Waals surface area (Å²) in [7, 11) is -3.70. The molecule has 1 amide bonds. The van der Waals surface area contributed by atoms with Crippen molar-refractivity contribution in [1.29, 1.82) is 0 Å². The Morgan fingerprint density at radius 2 is 1.89 bits per heavy atom. The van der Waals surface area contributed by atoms with Crippen molar-refractivity contribution in [3.05, 3.63) is 48.0 Å². The molecule has 1 heterocycles. The number of carbonyl (C=O) groups excluding carboxylic acids is 2. The van der Waals surface area contributed by atoms with E-state index in [1.807, 2.05) is 36.4 Å². The number of amides is 1. The maximum atomic E-state index is 13.3. The standard InChI is InChI=1S/C21H25NO5S/c1-2-27-19(23)12-17(10-14-6-4-3-5-7-14)21(24)22-13-18-15-8-9-16(11-15)20(18)28(22,25)26/h3-9,15-18,20H,2,10-13H2,1H3/t15-,16+,17-,18-,20+/m1/s1. The van der Waals surface area contributed by atoms with Crippen molar-refractivity contribution in [2.45, 2.75) is 31.4 Å². The van der Waals surface area contributed by atoms with Crippen LogP contribution in [0.3, 0.4) is 0 Å². The largest absolute Gasteiger partial charge is 0.466 e. The second-order valence-electron chi connectivity index (χ2n) is 7.89. The number of ether oxygens (including phenoxy) is 1. The van der Waals surface area contributed by atoms with Gasteiger partial charge in [0.05, 0.1) is 24.2 Å². The fraction of sp³-hybridized carbons (Fsp3) is 0.524. The van der Waals surface area contributed by atoms with Gasteiger partial charge in [0.25, 0.3) is 0 Å². The lowest BCUT2D eigenvalue weighted by Gasteiger charge is -2.24. The van der Waals surface area contributed by atoms with Crippen LogP contribution in [0.2, 0.25) is 0 Å². The Labute approximate surface area is 165 Å². The molecule has 0 N–H and O–H groups in total. The topological polar surface area (TPSA) is 80.8 Å². The highest BCUT2D eigenvalue weighted by molar-refractivity contribution is 7.90. The lowest BCUT2D eigenvalue weighted by Crippen LogP contribution is -2.41. The average molecular weight is 404 g/mol. The quantitative estimate of drug-likeness (QED) is 0.537. The van der Waals surface area contributed by atoms with Crippen LogP contribution in [-0.4, -0.2) is 43.0 Å². The third kappa shape index (κ3) is 3.26. The number of sulfonamides is 1. The highest BCUT2D eigenvalue weighted by Crippen LogP contribution is 2.51. The van der Waals surface area contributed by atoms with Crippen LogP contribution in [0, 0.1) is 23.7 Å². The number of benzene rings is 1. The van der Waals surface area contributed by atoms with Crippen LogP contribution in [0.5, 0.6) is 0 Å². The smallest absolute Gasteiger partial charge is 0.306 e. The van der Waals surface area contributed by atoms with E-state index < -0.39 is 33.1 Å². The number of allylic oxidation sites excluding steroid dienone is 2. The second-order valence-corrected chi connectivity index (χ2v) is 9.90. The van der Waals surface area contributed by atoms with E-state index in [2.05, 4.69) is 6.08 Å². The summed E-state index contributed by atoms with van der Waals surface area (Å²) in [5, 5.41) is -0.494. The van der Waals surface area contributed by atoms with Crippen LogP contribution in [0.4, 0.5) is 0 Å². The summed E-state index contributed by atoms with van der Waals surface area (Å²) in [5.74, 6) is -1.48. The molecule has 0 aromatic heterocycles. The predicted molar refractivity (Wildman–Crippen MR) is 104 cm³/mol.